The molecule has 0 bridgehead atoms. The number of furan rings is 2. The average Bonchev–Trinajstić information content (AvgIpc) is 3.18. The summed E-state index contributed by atoms with van der Waals surface area (Å²) in [6.07, 6.45) is 0. The number of aliphatic hydroxyl groups is 2. The van der Waals surface area contributed by atoms with Crippen molar-refractivity contribution in [3.8, 4) is 11.5 Å². The SMILES string of the molecule is O=C(OCCO)c1ccc(-c2ccc(C(=O)OCCO)o2)o1. The third-order valence-corrected chi connectivity index (χ3v) is 2.51. The lowest BCUT2D eigenvalue weighted by molar-refractivity contribution is 0.0390. The second kappa shape index (κ2) is 7.43. The van der Waals surface area contributed by atoms with Crippen LogP contribution < -0.4 is 0 Å². The first-order valence-electron chi connectivity index (χ1n) is 6.41. The Morgan fingerprint density at radius 3 is 1.59 bits per heavy atom. The van der Waals surface area contributed by atoms with Crippen molar-refractivity contribution >= 4 is 11.9 Å². The van der Waals surface area contributed by atoms with Gasteiger partial charge in [0.2, 0.25) is 11.5 Å². The van der Waals surface area contributed by atoms with E-state index in [9.17, 15) is 9.59 Å². The van der Waals surface area contributed by atoms with Crippen LogP contribution in [-0.2, 0) is 9.47 Å². The van der Waals surface area contributed by atoms with E-state index in [-0.39, 0.29) is 49.5 Å². The molecule has 0 radical (unpaired) electrons. The van der Waals surface area contributed by atoms with Crippen molar-refractivity contribution in [3.05, 3.63) is 35.8 Å². The Morgan fingerprint density at radius 2 is 1.23 bits per heavy atom. The van der Waals surface area contributed by atoms with Crippen LogP contribution in [0.25, 0.3) is 11.5 Å². The average molecular weight is 310 g/mol. The van der Waals surface area contributed by atoms with Crippen molar-refractivity contribution in [1.29, 1.82) is 0 Å². The second-order valence-electron chi connectivity index (χ2n) is 4.05. The monoisotopic (exact) mass is 310 g/mol. The van der Waals surface area contributed by atoms with Gasteiger partial charge >= 0.3 is 11.9 Å². The molecular formula is C14H14O8. The molecule has 8 nitrogen and oxygen atoms in total. The van der Waals surface area contributed by atoms with Gasteiger partial charge in [0, 0.05) is 0 Å². The molecule has 118 valence electrons. The van der Waals surface area contributed by atoms with Gasteiger partial charge in [-0.05, 0) is 24.3 Å². The summed E-state index contributed by atoms with van der Waals surface area (Å²) in [5.41, 5.74) is 0. The van der Waals surface area contributed by atoms with Gasteiger partial charge in [-0.2, -0.15) is 0 Å². The van der Waals surface area contributed by atoms with Crippen LogP contribution in [0.2, 0.25) is 0 Å². The maximum absolute atomic E-state index is 11.5. The molecule has 0 saturated carbocycles. The van der Waals surface area contributed by atoms with E-state index in [1.54, 1.807) is 0 Å². The van der Waals surface area contributed by atoms with Gasteiger partial charge < -0.3 is 28.5 Å². The highest BCUT2D eigenvalue weighted by Gasteiger charge is 2.18. The fourth-order valence-corrected chi connectivity index (χ4v) is 1.58. The molecule has 2 aromatic heterocycles. The Hall–Kier alpha value is -2.58. The Kier molecular flexibility index (Phi) is 5.34. The number of aliphatic hydroxyl groups excluding tert-OH is 2. The minimum absolute atomic E-state index is 0.0516. The van der Waals surface area contributed by atoms with Crippen molar-refractivity contribution in [1.82, 2.24) is 0 Å². The molecule has 8 heteroatoms. The number of esters is 2. The van der Waals surface area contributed by atoms with Crippen LogP contribution in [-0.4, -0.2) is 48.6 Å². The van der Waals surface area contributed by atoms with Gasteiger partial charge in [-0.15, -0.1) is 0 Å². The zero-order valence-electron chi connectivity index (χ0n) is 11.5. The Labute approximate surface area is 124 Å². The first-order chi connectivity index (χ1) is 10.7. The van der Waals surface area contributed by atoms with Crippen LogP contribution in [0.3, 0.4) is 0 Å². The molecule has 0 aliphatic carbocycles. The maximum Gasteiger partial charge on any atom is 0.374 e. The lowest BCUT2D eigenvalue weighted by atomic mass is 10.3. The fourth-order valence-electron chi connectivity index (χ4n) is 1.58. The lowest BCUT2D eigenvalue weighted by Crippen LogP contribution is -2.07. The van der Waals surface area contributed by atoms with Crippen LogP contribution in [0.4, 0.5) is 0 Å². The van der Waals surface area contributed by atoms with E-state index in [0.29, 0.717) is 0 Å². The van der Waals surface area contributed by atoms with E-state index in [1.807, 2.05) is 0 Å². The van der Waals surface area contributed by atoms with E-state index in [4.69, 9.17) is 28.5 Å². The van der Waals surface area contributed by atoms with Crippen molar-refractivity contribution < 1.29 is 38.1 Å². The number of carbonyl (C=O) groups excluding carboxylic acids is 2. The smallest absolute Gasteiger partial charge is 0.374 e. The molecule has 2 N–H and O–H groups in total. The highest BCUT2D eigenvalue weighted by molar-refractivity contribution is 5.88. The third kappa shape index (κ3) is 3.74. The Balaban J connectivity index is 2.06. The number of hydrogen-bond donors (Lipinski definition) is 2. The molecule has 0 amide bonds. The minimum atomic E-state index is -0.713. The van der Waals surface area contributed by atoms with Crippen molar-refractivity contribution in [3.63, 3.8) is 0 Å². The molecule has 0 aromatic carbocycles. The maximum atomic E-state index is 11.5. The highest BCUT2D eigenvalue weighted by Crippen LogP contribution is 2.25. The first kappa shape index (κ1) is 15.8. The van der Waals surface area contributed by atoms with Gasteiger partial charge in [0.1, 0.15) is 13.2 Å². The van der Waals surface area contributed by atoms with E-state index in [2.05, 4.69) is 0 Å². The van der Waals surface area contributed by atoms with Crippen molar-refractivity contribution in [2.24, 2.45) is 0 Å². The predicted molar refractivity (Wildman–Crippen MR) is 71.1 cm³/mol. The first-order valence-corrected chi connectivity index (χ1v) is 6.41. The largest absolute Gasteiger partial charge is 0.457 e. The number of hydrogen-bond acceptors (Lipinski definition) is 8. The molecule has 2 rings (SSSR count). The van der Waals surface area contributed by atoms with Crippen LogP contribution in [0, 0.1) is 0 Å². The Morgan fingerprint density at radius 1 is 0.818 bits per heavy atom. The number of rotatable bonds is 7. The molecule has 0 aliphatic rings. The summed E-state index contributed by atoms with van der Waals surface area (Å²) < 4.78 is 19.9. The molecule has 0 unspecified atom stereocenters. The number of carbonyl (C=O) groups is 2. The van der Waals surface area contributed by atoms with Gasteiger partial charge in [-0.25, -0.2) is 9.59 Å². The van der Waals surface area contributed by atoms with E-state index in [0.717, 1.165) is 0 Å². The van der Waals surface area contributed by atoms with Crippen molar-refractivity contribution in [2.75, 3.05) is 26.4 Å². The van der Waals surface area contributed by atoms with Gasteiger partial charge in [-0.3, -0.25) is 0 Å². The summed E-state index contributed by atoms with van der Waals surface area (Å²) in [7, 11) is 0. The summed E-state index contributed by atoms with van der Waals surface area (Å²) in [5, 5.41) is 17.2. The molecule has 0 atom stereocenters. The van der Waals surface area contributed by atoms with Crippen LogP contribution in [0.5, 0.6) is 0 Å². The molecule has 0 fully saturated rings. The quantitative estimate of drug-likeness (QED) is 0.722. The van der Waals surface area contributed by atoms with Gasteiger partial charge in [0.15, 0.2) is 11.5 Å². The molecule has 0 saturated heterocycles. The van der Waals surface area contributed by atoms with Crippen molar-refractivity contribution in [2.45, 2.75) is 0 Å². The summed E-state index contributed by atoms with van der Waals surface area (Å²) in [4.78, 5) is 23.0. The number of ether oxygens (including phenoxy) is 2. The third-order valence-electron chi connectivity index (χ3n) is 2.51. The summed E-state index contributed by atoms with van der Waals surface area (Å²) in [6, 6.07) is 5.75. The van der Waals surface area contributed by atoms with E-state index >= 15 is 0 Å². The molecule has 0 spiro atoms. The van der Waals surface area contributed by atoms with Gasteiger partial charge in [0.25, 0.3) is 0 Å². The fraction of sp³-hybridized carbons (Fsp3) is 0.286. The van der Waals surface area contributed by atoms with Crippen LogP contribution >= 0.6 is 0 Å². The molecule has 22 heavy (non-hydrogen) atoms. The molecule has 2 aromatic rings. The lowest BCUT2D eigenvalue weighted by Gasteiger charge is -1.99. The zero-order chi connectivity index (χ0) is 15.9. The standard InChI is InChI=1S/C14H14O8/c15-5-7-19-13(17)11-3-1-9(21-11)10-2-4-12(22-10)14(18)20-8-6-16/h1-4,15-16H,5-8H2. The highest BCUT2D eigenvalue weighted by atomic mass is 16.6. The van der Waals surface area contributed by atoms with Gasteiger partial charge in [0.05, 0.1) is 13.2 Å². The summed E-state index contributed by atoms with van der Waals surface area (Å²) in [6.45, 7) is -0.819. The van der Waals surface area contributed by atoms with Crippen LogP contribution in [0.15, 0.2) is 33.1 Å². The molecule has 0 aliphatic heterocycles. The predicted octanol–water partition coefficient (Wildman–Crippen LogP) is 0.838. The van der Waals surface area contributed by atoms with E-state index in [1.165, 1.54) is 24.3 Å². The van der Waals surface area contributed by atoms with E-state index < -0.39 is 11.9 Å². The second-order valence-corrected chi connectivity index (χ2v) is 4.05. The topological polar surface area (TPSA) is 119 Å². The summed E-state index contributed by atoms with van der Waals surface area (Å²) in [5.74, 6) is -1.06. The summed E-state index contributed by atoms with van der Waals surface area (Å²) >= 11 is 0. The minimum Gasteiger partial charge on any atom is -0.457 e. The normalized spacial score (nSPS) is 10.5. The molecular weight excluding hydrogens is 296 g/mol. The zero-order valence-corrected chi connectivity index (χ0v) is 11.5. The Bertz CT molecular complexity index is 583. The van der Waals surface area contributed by atoms with Gasteiger partial charge in [-0.1, -0.05) is 0 Å². The van der Waals surface area contributed by atoms with Crippen LogP contribution in [0.1, 0.15) is 21.1 Å². The molecule has 2 heterocycles.